The van der Waals surface area contributed by atoms with Crippen LogP contribution < -0.4 is 5.32 Å². The number of imide groups is 2. The van der Waals surface area contributed by atoms with Crippen molar-refractivity contribution in [2.24, 2.45) is 11.8 Å². The van der Waals surface area contributed by atoms with Crippen molar-refractivity contribution in [2.45, 2.75) is 45.6 Å². The summed E-state index contributed by atoms with van der Waals surface area (Å²) in [7, 11) is 0. The van der Waals surface area contributed by atoms with Crippen molar-refractivity contribution in [2.75, 3.05) is 0 Å². The van der Waals surface area contributed by atoms with Crippen molar-refractivity contribution < 1.29 is 14.4 Å². The molecule has 5 nitrogen and oxygen atoms in total. The van der Waals surface area contributed by atoms with Crippen LogP contribution in [0.3, 0.4) is 0 Å². The lowest BCUT2D eigenvalue weighted by atomic mass is 9.77. The third-order valence-electron chi connectivity index (χ3n) is 3.82. The van der Waals surface area contributed by atoms with E-state index in [9.17, 15) is 14.4 Å². The highest BCUT2D eigenvalue weighted by Crippen LogP contribution is 2.34. The molecule has 0 aromatic rings. The Morgan fingerprint density at radius 2 is 1.82 bits per heavy atom. The van der Waals surface area contributed by atoms with Crippen molar-refractivity contribution >= 4 is 17.8 Å². The van der Waals surface area contributed by atoms with Crippen LogP contribution in [0.15, 0.2) is 0 Å². The van der Waals surface area contributed by atoms with Crippen LogP contribution in [0.5, 0.6) is 0 Å². The number of urea groups is 1. The summed E-state index contributed by atoms with van der Waals surface area (Å²) in [6.07, 6.45) is 3.99. The third kappa shape index (κ3) is 2.06. The van der Waals surface area contributed by atoms with E-state index in [1.54, 1.807) is 0 Å². The zero-order chi connectivity index (χ0) is 12.6. The number of hydrogen-bond acceptors (Lipinski definition) is 3. The normalized spacial score (nSPS) is 30.1. The van der Waals surface area contributed by atoms with E-state index < -0.39 is 17.8 Å². The van der Waals surface area contributed by atoms with E-state index in [2.05, 4.69) is 19.2 Å². The standard InChI is InChI=1S/C12H18N2O3/c1-7(2)8-5-3-4-6-9(8)14-11(16)10(15)13-12(14)17/h7-9H,3-6H2,1-2H3,(H,13,15,17). The summed E-state index contributed by atoms with van der Waals surface area (Å²) in [6, 6.07) is -0.653. The van der Waals surface area contributed by atoms with Gasteiger partial charge in [0.15, 0.2) is 0 Å². The van der Waals surface area contributed by atoms with Gasteiger partial charge in [-0.2, -0.15) is 0 Å². The summed E-state index contributed by atoms with van der Waals surface area (Å²) in [4.78, 5) is 35.6. The van der Waals surface area contributed by atoms with Crippen LogP contribution in [0.25, 0.3) is 0 Å². The Morgan fingerprint density at radius 3 is 2.35 bits per heavy atom. The SMILES string of the molecule is CC(C)C1CCCCC1N1C(=O)NC(=O)C1=O. The van der Waals surface area contributed by atoms with Gasteiger partial charge >= 0.3 is 17.8 Å². The lowest BCUT2D eigenvalue weighted by Gasteiger charge is -2.38. The molecule has 1 aliphatic heterocycles. The quantitative estimate of drug-likeness (QED) is 0.582. The number of carbonyl (C=O) groups excluding carboxylic acids is 3. The van der Waals surface area contributed by atoms with E-state index in [0.29, 0.717) is 11.8 Å². The number of nitrogens with one attached hydrogen (secondary N) is 1. The van der Waals surface area contributed by atoms with Gasteiger partial charge in [0.1, 0.15) is 0 Å². The minimum atomic E-state index is -0.789. The maximum atomic E-state index is 11.7. The molecule has 5 heteroatoms. The first-order valence-corrected chi connectivity index (χ1v) is 6.21. The van der Waals surface area contributed by atoms with Crippen LogP contribution in [0.1, 0.15) is 39.5 Å². The predicted octanol–water partition coefficient (Wildman–Crippen LogP) is 1.28. The fourth-order valence-electron chi connectivity index (χ4n) is 2.95. The monoisotopic (exact) mass is 238 g/mol. The van der Waals surface area contributed by atoms with Gasteiger partial charge in [-0.1, -0.05) is 26.7 Å². The Bertz CT molecular complexity index is 365. The van der Waals surface area contributed by atoms with Gasteiger partial charge < -0.3 is 0 Å². The van der Waals surface area contributed by atoms with Crippen LogP contribution >= 0.6 is 0 Å². The molecule has 2 unspecified atom stereocenters. The van der Waals surface area contributed by atoms with Gasteiger partial charge in [0.05, 0.1) is 0 Å². The van der Waals surface area contributed by atoms with E-state index in [0.717, 1.165) is 30.6 Å². The molecule has 2 atom stereocenters. The summed E-state index contributed by atoms with van der Waals surface area (Å²) in [5, 5.41) is 2.07. The van der Waals surface area contributed by atoms with Gasteiger partial charge in [0.25, 0.3) is 0 Å². The first-order valence-electron chi connectivity index (χ1n) is 6.21. The summed E-state index contributed by atoms with van der Waals surface area (Å²) >= 11 is 0. The predicted molar refractivity (Wildman–Crippen MR) is 61.0 cm³/mol. The van der Waals surface area contributed by atoms with Gasteiger partial charge in [-0.25, -0.2) is 4.79 Å². The first-order chi connectivity index (χ1) is 8.02. The maximum Gasteiger partial charge on any atom is 0.331 e. The number of rotatable bonds is 2. The molecule has 0 aromatic carbocycles. The molecule has 1 aliphatic carbocycles. The minimum Gasteiger partial charge on any atom is -0.269 e. The number of amides is 4. The van der Waals surface area contributed by atoms with Crippen LogP contribution in [0.2, 0.25) is 0 Å². The van der Waals surface area contributed by atoms with Gasteiger partial charge in [-0.05, 0) is 24.7 Å². The van der Waals surface area contributed by atoms with Gasteiger partial charge in [0.2, 0.25) is 0 Å². The fourth-order valence-corrected chi connectivity index (χ4v) is 2.95. The average Bonchev–Trinajstić information content (AvgIpc) is 2.53. The summed E-state index contributed by atoms with van der Waals surface area (Å²) < 4.78 is 0. The zero-order valence-corrected chi connectivity index (χ0v) is 10.2. The highest BCUT2D eigenvalue weighted by Gasteiger charge is 2.45. The van der Waals surface area contributed by atoms with E-state index in [1.807, 2.05) is 0 Å². The Kier molecular flexibility index (Phi) is 3.17. The van der Waals surface area contributed by atoms with Crippen LogP contribution in [-0.2, 0) is 9.59 Å². The van der Waals surface area contributed by atoms with Gasteiger partial charge in [0, 0.05) is 6.04 Å². The second-order valence-electron chi connectivity index (χ2n) is 5.19. The van der Waals surface area contributed by atoms with E-state index >= 15 is 0 Å². The molecule has 1 N–H and O–H groups in total. The first kappa shape index (κ1) is 12.1. The van der Waals surface area contributed by atoms with Crippen LogP contribution in [-0.4, -0.2) is 28.8 Å². The smallest absolute Gasteiger partial charge is 0.269 e. The molecule has 0 aromatic heterocycles. The van der Waals surface area contributed by atoms with E-state index in [1.165, 1.54) is 0 Å². The lowest BCUT2D eigenvalue weighted by molar-refractivity contribution is -0.142. The number of hydrogen-bond donors (Lipinski definition) is 1. The molecular formula is C12H18N2O3. The maximum absolute atomic E-state index is 11.7. The topological polar surface area (TPSA) is 66.5 Å². The molecule has 1 heterocycles. The zero-order valence-electron chi connectivity index (χ0n) is 10.2. The van der Waals surface area contributed by atoms with Crippen molar-refractivity contribution in [1.82, 2.24) is 10.2 Å². The minimum absolute atomic E-state index is 0.109. The second kappa shape index (κ2) is 4.47. The summed E-state index contributed by atoms with van der Waals surface area (Å²) in [6.45, 7) is 4.20. The highest BCUT2D eigenvalue weighted by molar-refractivity contribution is 6.44. The largest absolute Gasteiger partial charge is 0.331 e. The van der Waals surface area contributed by atoms with E-state index in [-0.39, 0.29) is 6.04 Å². The molecule has 0 spiro atoms. The fraction of sp³-hybridized carbons (Fsp3) is 0.750. The lowest BCUT2D eigenvalue weighted by Crippen LogP contribution is -2.47. The Balaban J connectivity index is 2.22. The van der Waals surface area contributed by atoms with Gasteiger partial charge in [-0.15, -0.1) is 0 Å². The molecule has 1 saturated carbocycles. The molecule has 2 rings (SSSR count). The van der Waals surface area contributed by atoms with Crippen LogP contribution in [0.4, 0.5) is 4.79 Å². The molecule has 17 heavy (non-hydrogen) atoms. The van der Waals surface area contributed by atoms with E-state index in [4.69, 9.17) is 0 Å². The number of nitrogens with zero attached hydrogens (tertiary/aromatic N) is 1. The Morgan fingerprint density at radius 1 is 1.18 bits per heavy atom. The summed E-state index contributed by atoms with van der Waals surface area (Å²) in [5.74, 6) is -0.753. The van der Waals surface area contributed by atoms with Crippen molar-refractivity contribution in [3.8, 4) is 0 Å². The number of carbonyl (C=O) groups is 3. The van der Waals surface area contributed by atoms with Crippen molar-refractivity contribution in [3.63, 3.8) is 0 Å². The Hall–Kier alpha value is -1.39. The average molecular weight is 238 g/mol. The molecule has 0 radical (unpaired) electrons. The molecule has 1 saturated heterocycles. The second-order valence-corrected chi connectivity index (χ2v) is 5.19. The third-order valence-corrected chi connectivity index (χ3v) is 3.82. The molecule has 0 bridgehead atoms. The molecular weight excluding hydrogens is 220 g/mol. The molecule has 94 valence electrons. The molecule has 4 amide bonds. The Labute approximate surface area is 101 Å². The highest BCUT2D eigenvalue weighted by atomic mass is 16.2. The molecule has 2 fully saturated rings. The molecule has 2 aliphatic rings. The summed E-state index contributed by atoms with van der Waals surface area (Å²) in [5.41, 5.74) is 0. The van der Waals surface area contributed by atoms with Crippen molar-refractivity contribution in [3.05, 3.63) is 0 Å². The van der Waals surface area contributed by atoms with Crippen molar-refractivity contribution in [1.29, 1.82) is 0 Å². The van der Waals surface area contributed by atoms with Gasteiger partial charge in [-0.3, -0.25) is 19.8 Å². The van der Waals surface area contributed by atoms with Crippen LogP contribution in [0, 0.1) is 11.8 Å².